The molecule has 1 unspecified atom stereocenters. The van der Waals surface area contributed by atoms with Crippen LogP contribution in [0, 0.1) is 0 Å². The van der Waals surface area contributed by atoms with Crippen molar-refractivity contribution in [1.82, 2.24) is 9.80 Å². The van der Waals surface area contributed by atoms with Gasteiger partial charge < -0.3 is 9.80 Å². The fraction of sp³-hybridized carbons (Fsp3) is 0.889. The summed E-state index contributed by atoms with van der Waals surface area (Å²) in [6.45, 7) is 9.29. The molecule has 0 aromatic heterocycles. The second-order valence-electron chi connectivity index (χ2n) is 6.16. The van der Waals surface area contributed by atoms with Crippen LogP contribution in [-0.2, 0) is 0 Å². The first-order valence-corrected chi connectivity index (χ1v) is 9.03. The Morgan fingerprint density at radius 1 is 0.650 bits per heavy atom. The summed E-state index contributed by atoms with van der Waals surface area (Å²) in [6.07, 6.45) is 18.9. The molecule has 0 amide bonds. The average molecular weight is 280 g/mol. The van der Waals surface area contributed by atoms with Gasteiger partial charge in [0.2, 0.25) is 0 Å². The molecule has 0 aromatic rings. The van der Waals surface area contributed by atoms with Crippen molar-refractivity contribution in [3.63, 3.8) is 0 Å². The van der Waals surface area contributed by atoms with E-state index in [0.717, 1.165) is 0 Å². The predicted octanol–water partition coefficient (Wildman–Crippen LogP) is 5.36. The van der Waals surface area contributed by atoms with Crippen molar-refractivity contribution >= 4 is 0 Å². The van der Waals surface area contributed by atoms with E-state index in [0.29, 0.717) is 6.17 Å². The van der Waals surface area contributed by atoms with E-state index in [1.807, 2.05) is 0 Å². The van der Waals surface area contributed by atoms with Gasteiger partial charge in [-0.2, -0.15) is 0 Å². The van der Waals surface area contributed by atoms with Gasteiger partial charge in [0.1, 0.15) is 6.17 Å². The zero-order valence-electron chi connectivity index (χ0n) is 14.1. The molecule has 0 aliphatic carbocycles. The van der Waals surface area contributed by atoms with Crippen LogP contribution in [0.25, 0.3) is 0 Å². The third-order valence-electron chi connectivity index (χ3n) is 4.28. The Hall–Kier alpha value is -0.660. The first kappa shape index (κ1) is 17.4. The van der Waals surface area contributed by atoms with Crippen LogP contribution >= 0.6 is 0 Å². The van der Waals surface area contributed by atoms with Crippen LogP contribution in [0.4, 0.5) is 0 Å². The number of hydrogen-bond donors (Lipinski definition) is 0. The molecular formula is C18H36N2. The van der Waals surface area contributed by atoms with Gasteiger partial charge >= 0.3 is 0 Å². The Bertz CT molecular complexity index is 250. The lowest BCUT2D eigenvalue weighted by Crippen LogP contribution is -2.39. The summed E-state index contributed by atoms with van der Waals surface area (Å²) in [5.41, 5.74) is 0. The minimum Gasteiger partial charge on any atom is -0.356 e. The number of rotatable bonds is 12. The first-order chi connectivity index (χ1) is 9.83. The Balaban J connectivity index is 2.28. The van der Waals surface area contributed by atoms with Crippen molar-refractivity contribution in [3.05, 3.63) is 12.4 Å². The molecule has 1 heterocycles. The molecule has 0 fully saturated rings. The molecule has 1 aliphatic rings. The van der Waals surface area contributed by atoms with Gasteiger partial charge in [-0.25, -0.2) is 0 Å². The molecule has 1 atom stereocenters. The molecule has 118 valence electrons. The zero-order valence-corrected chi connectivity index (χ0v) is 14.1. The van der Waals surface area contributed by atoms with Gasteiger partial charge in [-0.3, -0.25) is 0 Å². The first-order valence-electron chi connectivity index (χ1n) is 9.03. The third-order valence-corrected chi connectivity index (χ3v) is 4.28. The third kappa shape index (κ3) is 6.19. The van der Waals surface area contributed by atoms with E-state index in [-0.39, 0.29) is 0 Å². The van der Waals surface area contributed by atoms with Crippen LogP contribution in [0.5, 0.6) is 0 Å². The monoisotopic (exact) mass is 280 g/mol. The topological polar surface area (TPSA) is 6.48 Å². The maximum atomic E-state index is 2.57. The van der Waals surface area contributed by atoms with E-state index in [9.17, 15) is 0 Å². The van der Waals surface area contributed by atoms with Crippen molar-refractivity contribution in [2.45, 2.75) is 91.1 Å². The lowest BCUT2D eigenvalue weighted by atomic mass is 10.1. The molecule has 1 aliphatic heterocycles. The van der Waals surface area contributed by atoms with Crippen molar-refractivity contribution in [2.24, 2.45) is 0 Å². The lowest BCUT2D eigenvalue weighted by molar-refractivity contribution is 0.138. The fourth-order valence-electron chi connectivity index (χ4n) is 3.05. The molecule has 20 heavy (non-hydrogen) atoms. The van der Waals surface area contributed by atoms with E-state index in [1.54, 1.807) is 0 Å². The van der Waals surface area contributed by atoms with E-state index in [1.165, 1.54) is 77.3 Å². The molecule has 0 aromatic carbocycles. The van der Waals surface area contributed by atoms with Gasteiger partial charge in [-0.05, 0) is 25.7 Å². The Labute approximate surface area is 127 Å². The predicted molar refractivity (Wildman–Crippen MR) is 89.5 cm³/mol. The normalized spacial score (nSPS) is 18.2. The summed E-state index contributed by atoms with van der Waals surface area (Å²) in [5.74, 6) is 0. The zero-order chi connectivity index (χ0) is 14.6. The van der Waals surface area contributed by atoms with Crippen molar-refractivity contribution < 1.29 is 0 Å². The molecule has 0 N–H and O–H groups in total. The van der Waals surface area contributed by atoms with Crippen LogP contribution in [-0.4, -0.2) is 29.1 Å². The summed E-state index contributed by atoms with van der Waals surface area (Å²) in [5, 5.41) is 0. The molecule has 0 saturated heterocycles. The molecule has 0 spiro atoms. The van der Waals surface area contributed by atoms with E-state index in [2.05, 4.69) is 43.0 Å². The Morgan fingerprint density at radius 3 is 1.90 bits per heavy atom. The smallest absolute Gasteiger partial charge is 0.101 e. The van der Waals surface area contributed by atoms with E-state index in [4.69, 9.17) is 0 Å². The van der Waals surface area contributed by atoms with Crippen LogP contribution in [0.3, 0.4) is 0 Å². The highest BCUT2D eigenvalue weighted by Gasteiger charge is 2.24. The quantitative estimate of drug-likeness (QED) is 0.444. The van der Waals surface area contributed by atoms with Crippen LogP contribution in [0.15, 0.2) is 12.4 Å². The maximum absolute atomic E-state index is 2.57. The summed E-state index contributed by atoms with van der Waals surface area (Å²) < 4.78 is 0. The highest BCUT2D eigenvalue weighted by Crippen LogP contribution is 2.22. The highest BCUT2D eigenvalue weighted by atomic mass is 15.4. The summed E-state index contributed by atoms with van der Waals surface area (Å²) in [6, 6.07) is 0. The Morgan fingerprint density at radius 2 is 1.25 bits per heavy atom. The minimum atomic E-state index is 0.646. The molecule has 0 bridgehead atoms. The van der Waals surface area contributed by atoms with E-state index < -0.39 is 0 Å². The molecule has 1 rings (SSSR count). The SMILES string of the molecule is CCCCCCCCC1N(CCC)C=CN1CCCC. The summed E-state index contributed by atoms with van der Waals surface area (Å²) in [4.78, 5) is 5.13. The van der Waals surface area contributed by atoms with Gasteiger partial charge in [0.05, 0.1) is 0 Å². The van der Waals surface area contributed by atoms with Gasteiger partial charge in [0.25, 0.3) is 0 Å². The average Bonchev–Trinajstić information content (AvgIpc) is 2.83. The van der Waals surface area contributed by atoms with Gasteiger partial charge in [0, 0.05) is 25.5 Å². The van der Waals surface area contributed by atoms with Crippen molar-refractivity contribution in [3.8, 4) is 0 Å². The second kappa shape index (κ2) is 11.0. The standard InChI is InChI=1S/C18H36N2/c1-4-7-9-10-11-12-13-18-19(14-6-3)16-17-20(18)15-8-5-2/h16-18H,4-15H2,1-3H3. The van der Waals surface area contributed by atoms with Gasteiger partial charge in [-0.1, -0.05) is 59.3 Å². The van der Waals surface area contributed by atoms with E-state index >= 15 is 0 Å². The van der Waals surface area contributed by atoms with Crippen LogP contribution in [0.2, 0.25) is 0 Å². The second-order valence-corrected chi connectivity index (χ2v) is 6.16. The van der Waals surface area contributed by atoms with Gasteiger partial charge in [0.15, 0.2) is 0 Å². The number of unbranched alkanes of at least 4 members (excludes halogenated alkanes) is 6. The molecule has 2 nitrogen and oxygen atoms in total. The fourth-order valence-corrected chi connectivity index (χ4v) is 3.05. The van der Waals surface area contributed by atoms with Crippen molar-refractivity contribution in [2.75, 3.05) is 13.1 Å². The molecular weight excluding hydrogens is 244 g/mol. The molecule has 2 heteroatoms. The highest BCUT2D eigenvalue weighted by molar-refractivity contribution is 4.96. The number of nitrogens with zero attached hydrogens (tertiary/aromatic N) is 2. The lowest BCUT2D eigenvalue weighted by Gasteiger charge is -2.33. The largest absolute Gasteiger partial charge is 0.356 e. The van der Waals surface area contributed by atoms with Crippen LogP contribution in [0.1, 0.15) is 85.0 Å². The Kier molecular flexibility index (Phi) is 9.61. The van der Waals surface area contributed by atoms with Crippen molar-refractivity contribution in [1.29, 1.82) is 0 Å². The van der Waals surface area contributed by atoms with Gasteiger partial charge in [-0.15, -0.1) is 0 Å². The minimum absolute atomic E-state index is 0.646. The number of hydrogen-bond acceptors (Lipinski definition) is 2. The molecule has 0 radical (unpaired) electrons. The van der Waals surface area contributed by atoms with Crippen LogP contribution < -0.4 is 0 Å². The summed E-state index contributed by atoms with van der Waals surface area (Å²) >= 11 is 0. The summed E-state index contributed by atoms with van der Waals surface area (Å²) in [7, 11) is 0. The maximum Gasteiger partial charge on any atom is 0.101 e. The molecule has 0 saturated carbocycles.